The summed E-state index contributed by atoms with van der Waals surface area (Å²) < 4.78 is 28.0. The predicted octanol–water partition coefficient (Wildman–Crippen LogP) is 3.60. The lowest BCUT2D eigenvalue weighted by Crippen LogP contribution is -2.60. The fraction of sp³-hybridized carbons (Fsp3) is 0.438. The maximum absolute atomic E-state index is 14.4. The van der Waals surface area contributed by atoms with Crippen molar-refractivity contribution in [2.24, 2.45) is 0 Å². The molecule has 3 aliphatic heterocycles. The number of aryl methyl sites for hydroxylation is 1. The van der Waals surface area contributed by atoms with Crippen molar-refractivity contribution in [2.75, 3.05) is 37.6 Å². The first-order valence-corrected chi connectivity index (χ1v) is 14.5. The van der Waals surface area contributed by atoms with Gasteiger partial charge in [-0.15, -0.1) is 0 Å². The number of carbonyl (C=O) groups is 2. The Hall–Kier alpha value is -3.76. The largest absolute Gasteiger partial charge is 0.333 e. The van der Waals surface area contributed by atoms with Crippen LogP contribution in [0.4, 0.5) is 14.5 Å². The van der Waals surface area contributed by atoms with Gasteiger partial charge in [0.15, 0.2) is 0 Å². The third kappa shape index (κ3) is 5.29. The van der Waals surface area contributed by atoms with Crippen LogP contribution in [-0.2, 0) is 23.2 Å². The molecule has 8 nitrogen and oxygen atoms in total. The SMILES string of the molecule is Cc1cc(F)ccc1Cc1cc2c(nn1)C(C)(C)CN2C(=O)CN1C[C@@H](C)NC[C@@H]1CN1Cc2cccc(F)c2C1=O. The quantitative estimate of drug-likeness (QED) is 0.485. The molecule has 10 heteroatoms. The summed E-state index contributed by atoms with van der Waals surface area (Å²) in [6.45, 7) is 10.8. The molecule has 0 unspecified atom stereocenters. The Bertz CT molecular complexity index is 1560. The minimum absolute atomic E-state index is 0.0417. The second kappa shape index (κ2) is 10.8. The Labute approximate surface area is 244 Å². The number of nitrogens with one attached hydrogen (secondary N) is 1. The van der Waals surface area contributed by atoms with Gasteiger partial charge in [-0.2, -0.15) is 10.2 Å². The molecule has 1 aromatic heterocycles. The third-order valence-electron chi connectivity index (χ3n) is 8.75. The van der Waals surface area contributed by atoms with Crippen LogP contribution < -0.4 is 10.2 Å². The molecule has 3 aliphatic rings. The van der Waals surface area contributed by atoms with Crippen molar-refractivity contribution >= 4 is 17.5 Å². The average molecular weight is 575 g/mol. The summed E-state index contributed by atoms with van der Waals surface area (Å²) in [5, 5.41) is 12.5. The van der Waals surface area contributed by atoms with Crippen LogP contribution in [0.3, 0.4) is 0 Å². The molecule has 0 aliphatic carbocycles. The van der Waals surface area contributed by atoms with E-state index in [1.807, 2.05) is 13.0 Å². The molecule has 6 rings (SSSR count). The van der Waals surface area contributed by atoms with Crippen molar-refractivity contribution in [1.29, 1.82) is 0 Å². The number of aromatic nitrogens is 2. The van der Waals surface area contributed by atoms with Crippen LogP contribution >= 0.6 is 0 Å². The van der Waals surface area contributed by atoms with Crippen molar-refractivity contribution in [1.82, 2.24) is 25.3 Å². The molecule has 1 N–H and O–H groups in total. The van der Waals surface area contributed by atoms with E-state index in [4.69, 9.17) is 0 Å². The Kier molecular flexibility index (Phi) is 7.31. The summed E-state index contributed by atoms with van der Waals surface area (Å²) in [7, 11) is 0. The summed E-state index contributed by atoms with van der Waals surface area (Å²) in [4.78, 5) is 32.6. The van der Waals surface area contributed by atoms with Crippen molar-refractivity contribution in [2.45, 2.75) is 58.2 Å². The number of nitrogens with zero attached hydrogens (tertiary/aromatic N) is 5. The molecule has 1 saturated heterocycles. The zero-order valence-corrected chi connectivity index (χ0v) is 24.5. The fourth-order valence-corrected chi connectivity index (χ4v) is 6.47. The topological polar surface area (TPSA) is 81.7 Å². The molecule has 4 heterocycles. The number of rotatable bonds is 6. The van der Waals surface area contributed by atoms with Gasteiger partial charge in [-0.3, -0.25) is 14.5 Å². The lowest BCUT2D eigenvalue weighted by molar-refractivity contribution is -0.120. The van der Waals surface area contributed by atoms with Crippen LogP contribution in [0.25, 0.3) is 0 Å². The highest BCUT2D eigenvalue weighted by Gasteiger charge is 2.42. The van der Waals surface area contributed by atoms with Gasteiger partial charge in [0.25, 0.3) is 5.91 Å². The van der Waals surface area contributed by atoms with Gasteiger partial charge >= 0.3 is 0 Å². The normalized spacial score (nSPS) is 21.5. The van der Waals surface area contributed by atoms with Gasteiger partial charge in [0.1, 0.15) is 11.6 Å². The van der Waals surface area contributed by atoms with Crippen molar-refractivity contribution in [3.05, 3.63) is 87.7 Å². The maximum Gasteiger partial charge on any atom is 0.257 e. The van der Waals surface area contributed by atoms with E-state index in [1.54, 1.807) is 28.0 Å². The molecular formula is C32H36F2N6O2. The second-order valence-corrected chi connectivity index (χ2v) is 12.5. The number of amides is 2. The summed E-state index contributed by atoms with van der Waals surface area (Å²) in [6.07, 6.45) is 0.485. The summed E-state index contributed by atoms with van der Waals surface area (Å²) in [5.41, 5.74) is 4.54. The Morgan fingerprint density at radius 2 is 1.95 bits per heavy atom. The summed E-state index contributed by atoms with van der Waals surface area (Å²) >= 11 is 0. The highest BCUT2D eigenvalue weighted by molar-refractivity contribution is 5.99. The molecule has 2 aromatic carbocycles. The zero-order chi connectivity index (χ0) is 29.8. The minimum Gasteiger partial charge on any atom is -0.333 e. The first-order valence-electron chi connectivity index (χ1n) is 14.5. The molecule has 1 fully saturated rings. The fourth-order valence-electron chi connectivity index (χ4n) is 6.47. The van der Waals surface area contributed by atoms with Gasteiger partial charge in [0.05, 0.1) is 29.2 Å². The van der Waals surface area contributed by atoms with Crippen molar-refractivity contribution in [3.8, 4) is 0 Å². The monoisotopic (exact) mass is 574 g/mol. The molecule has 0 saturated carbocycles. The lowest BCUT2D eigenvalue weighted by Gasteiger charge is -2.41. The first kappa shape index (κ1) is 28.4. The van der Waals surface area contributed by atoms with Crippen LogP contribution in [0.5, 0.6) is 0 Å². The molecule has 42 heavy (non-hydrogen) atoms. The molecule has 0 spiro atoms. The molecule has 2 amide bonds. The van der Waals surface area contributed by atoms with E-state index >= 15 is 0 Å². The molecule has 220 valence electrons. The maximum atomic E-state index is 14.4. The third-order valence-corrected chi connectivity index (χ3v) is 8.75. The number of anilines is 1. The first-order chi connectivity index (χ1) is 20.0. The van der Waals surface area contributed by atoms with E-state index in [2.05, 4.69) is 41.2 Å². The van der Waals surface area contributed by atoms with E-state index in [1.165, 1.54) is 18.2 Å². The zero-order valence-electron chi connectivity index (χ0n) is 24.5. The van der Waals surface area contributed by atoms with Gasteiger partial charge in [0.2, 0.25) is 5.91 Å². The van der Waals surface area contributed by atoms with Gasteiger partial charge in [-0.25, -0.2) is 8.78 Å². The molecule has 0 bridgehead atoms. The summed E-state index contributed by atoms with van der Waals surface area (Å²) in [6, 6.07) is 11.5. The molecular weight excluding hydrogens is 538 g/mol. The van der Waals surface area contributed by atoms with Crippen LogP contribution in [-0.4, -0.2) is 76.6 Å². The standard InChI is InChI=1S/C32H36F2N6O2/c1-19-10-23(33)9-8-21(19)11-24-12-27-30(37-36-24)32(3,4)18-40(27)28(41)17-38-14-20(2)35-13-25(38)16-39-15-22-6-5-7-26(34)29(22)31(39)42/h5-10,12,20,25,35H,11,13-18H2,1-4H3/t20-,25-/m1/s1. The molecule has 0 radical (unpaired) electrons. The van der Waals surface area contributed by atoms with Crippen molar-refractivity contribution < 1.29 is 18.4 Å². The smallest absolute Gasteiger partial charge is 0.257 e. The number of piperazine rings is 1. The molecule has 3 aromatic rings. The molecule has 2 atom stereocenters. The highest BCUT2D eigenvalue weighted by Crippen LogP contribution is 2.39. The number of carbonyl (C=O) groups excluding carboxylic acids is 2. The van der Waals surface area contributed by atoms with E-state index in [0.29, 0.717) is 50.4 Å². The number of benzene rings is 2. The van der Waals surface area contributed by atoms with Gasteiger partial charge in [0, 0.05) is 56.6 Å². The second-order valence-electron chi connectivity index (χ2n) is 12.5. The summed E-state index contributed by atoms with van der Waals surface area (Å²) in [5.74, 6) is -1.11. The predicted molar refractivity (Wildman–Crippen MR) is 155 cm³/mol. The van der Waals surface area contributed by atoms with Crippen LogP contribution in [0.1, 0.15) is 59.2 Å². The number of hydrogen-bond acceptors (Lipinski definition) is 6. The number of halogens is 2. The van der Waals surface area contributed by atoms with Gasteiger partial charge < -0.3 is 15.1 Å². The van der Waals surface area contributed by atoms with Gasteiger partial charge in [-0.1, -0.05) is 32.0 Å². The van der Waals surface area contributed by atoms with E-state index in [0.717, 1.165) is 22.5 Å². The van der Waals surface area contributed by atoms with Crippen LogP contribution in [0.15, 0.2) is 42.5 Å². The Morgan fingerprint density at radius 1 is 1.14 bits per heavy atom. The van der Waals surface area contributed by atoms with E-state index in [9.17, 15) is 18.4 Å². The lowest BCUT2D eigenvalue weighted by atomic mass is 9.91. The van der Waals surface area contributed by atoms with Crippen LogP contribution in [0.2, 0.25) is 0 Å². The minimum atomic E-state index is -0.491. The van der Waals surface area contributed by atoms with E-state index < -0.39 is 5.82 Å². The number of fused-ring (bicyclic) bond motifs is 2. The van der Waals surface area contributed by atoms with Gasteiger partial charge in [-0.05, 0) is 54.8 Å². The van der Waals surface area contributed by atoms with E-state index in [-0.39, 0.29) is 47.2 Å². The van der Waals surface area contributed by atoms with Crippen LogP contribution in [0, 0.1) is 18.6 Å². The Balaban J connectivity index is 1.20. The van der Waals surface area contributed by atoms with Crippen molar-refractivity contribution in [3.63, 3.8) is 0 Å². The average Bonchev–Trinajstić information content (AvgIpc) is 3.40. The Morgan fingerprint density at radius 3 is 2.71 bits per heavy atom. The highest BCUT2D eigenvalue weighted by atomic mass is 19.1. The number of hydrogen-bond donors (Lipinski definition) is 1.